The van der Waals surface area contributed by atoms with Gasteiger partial charge in [0.1, 0.15) is 5.69 Å². The average Bonchev–Trinajstić information content (AvgIpc) is 3.26. The van der Waals surface area contributed by atoms with E-state index >= 15 is 0 Å². The number of hydrogen-bond donors (Lipinski definition) is 0. The van der Waals surface area contributed by atoms with Crippen LogP contribution in [0.15, 0.2) is 52.7 Å². The van der Waals surface area contributed by atoms with Crippen molar-refractivity contribution < 1.29 is 19.2 Å². The van der Waals surface area contributed by atoms with Crippen LogP contribution in [0.2, 0.25) is 5.02 Å². The molecule has 1 saturated heterocycles. The van der Waals surface area contributed by atoms with Gasteiger partial charge in [-0.05, 0) is 43.2 Å². The highest BCUT2D eigenvalue weighted by Crippen LogP contribution is 2.30. The van der Waals surface area contributed by atoms with E-state index in [0.29, 0.717) is 30.9 Å². The van der Waals surface area contributed by atoms with E-state index in [4.69, 9.17) is 21.1 Å². The molecule has 1 aliphatic heterocycles. The highest BCUT2D eigenvalue weighted by Gasteiger charge is 2.34. The van der Waals surface area contributed by atoms with E-state index in [9.17, 15) is 14.9 Å². The van der Waals surface area contributed by atoms with Crippen molar-refractivity contribution in [1.82, 2.24) is 4.90 Å². The van der Waals surface area contributed by atoms with E-state index in [1.54, 1.807) is 14.2 Å². The van der Waals surface area contributed by atoms with E-state index in [-0.39, 0.29) is 28.8 Å². The number of nitrogens with zero attached hydrogens (tertiary/aromatic N) is 5. The quantitative estimate of drug-likeness (QED) is 0.238. The van der Waals surface area contributed by atoms with Crippen molar-refractivity contribution in [3.05, 3.63) is 57.6 Å². The van der Waals surface area contributed by atoms with Gasteiger partial charge >= 0.3 is 0 Å². The van der Waals surface area contributed by atoms with Gasteiger partial charge in [0.15, 0.2) is 0 Å². The molecule has 1 heterocycles. The Morgan fingerprint density at radius 1 is 1.23 bits per heavy atom. The Hall–Kier alpha value is -3.08. The third-order valence-corrected chi connectivity index (χ3v) is 6.28. The topological polar surface area (TPSA) is 110 Å². The van der Waals surface area contributed by atoms with Gasteiger partial charge in [0.25, 0.3) is 5.69 Å². The first-order valence-electron chi connectivity index (χ1n) is 11.3. The summed E-state index contributed by atoms with van der Waals surface area (Å²) in [5.41, 5.74) is 1.86. The standard InChI is InChI=1S/C24H30ClN5O5/c1-28(12-4-5-24(31)29-15-21(35-3)13-20(29)16-34-2)18-8-6-17(7-9-18)26-27-23-11-10-19(30(32)33)14-22(23)25/h6-11,14,20-21H,4-5,12-13,15-16H2,1-3H3/b27-26+. The smallest absolute Gasteiger partial charge is 0.271 e. The summed E-state index contributed by atoms with van der Waals surface area (Å²) in [7, 11) is 5.30. The van der Waals surface area contributed by atoms with Crippen molar-refractivity contribution in [2.45, 2.75) is 31.4 Å². The van der Waals surface area contributed by atoms with Gasteiger partial charge in [0.05, 0.1) is 34.4 Å². The number of halogens is 1. The molecule has 188 valence electrons. The van der Waals surface area contributed by atoms with E-state index < -0.39 is 4.92 Å². The third kappa shape index (κ3) is 7.20. The molecule has 35 heavy (non-hydrogen) atoms. The van der Waals surface area contributed by atoms with Crippen molar-refractivity contribution in [2.75, 3.05) is 45.9 Å². The molecule has 0 N–H and O–H groups in total. The van der Waals surface area contributed by atoms with Crippen LogP contribution in [0, 0.1) is 10.1 Å². The van der Waals surface area contributed by atoms with Crippen molar-refractivity contribution in [3.63, 3.8) is 0 Å². The first-order chi connectivity index (χ1) is 16.8. The third-order valence-electron chi connectivity index (χ3n) is 5.98. The van der Waals surface area contributed by atoms with Gasteiger partial charge in [0, 0.05) is 58.6 Å². The Balaban J connectivity index is 1.50. The molecule has 1 amide bonds. The van der Waals surface area contributed by atoms with Crippen LogP contribution >= 0.6 is 11.6 Å². The molecular formula is C24H30ClN5O5. The molecule has 2 aromatic carbocycles. The summed E-state index contributed by atoms with van der Waals surface area (Å²) in [6, 6.07) is 11.6. The van der Waals surface area contributed by atoms with Crippen LogP contribution in [0.1, 0.15) is 19.3 Å². The lowest BCUT2D eigenvalue weighted by Crippen LogP contribution is -2.38. The largest absolute Gasteiger partial charge is 0.383 e. The monoisotopic (exact) mass is 503 g/mol. The van der Waals surface area contributed by atoms with Gasteiger partial charge < -0.3 is 19.3 Å². The maximum Gasteiger partial charge on any atom is 0.271 e. The second-order valence-electron chi connectivity index (χ2n) is 8.38. The number of methoxy groups -OCH3 is 2. The zero-order chi connectivity index (χ0) is 25.4. The van der Waals surface area contributed by atoms with Gasteiger partial charge in [-0.25, -0.2) is 0 Å². The molecule has 1 aliphatic rings. The second kappa shape index (κ2) is 12.6. The Morgan fingerprint density at radius 2 is 1.97 bits per heavy atom. The molecule has 1 fully saturated rings. The minimum absolute atomic E-state index is 0.0638. The fraction of sp³-hybridized carbons (Fsp3) is 0.458. The lowest BCUT2D eigenvalue weighted by atomic mass is 10.2. The van der Waals surface area contributed by atoms with E-state index in [0.717, 1.165) is 25.1 Å². The highest BCUT2D eigenvalue weighted by atomic mass is 35.5. The SMILES string of the molecule is COCC1CC(OC)CN1C(=O)CCCN(C)c1ccc(/N=N/c2ccc([N+](=O)[O-])cc2Cl)cc1. The number of nitro groups is 1. The Bertz CT molecular complexity index is 1050. The summed E-state index contributed by atoms with van der Waals surface area (Å²) in [6.45, 7) is 1.85. The molecular weight excluding hydrogens is 474 g/mol. The van der Waals surface area contributed by atoms with Gasteiger partial charge in [-0.2, -0.15) is 5.11 Å². The molecule has 0 radical (unpaired) electrons. The summed E-state index contributed by atoms with van der Waals surface area (Å²) in [6.07, 6.45) is 2.05. The van der Waals surface area contributed by atoms with Crippen LogP contribution in [-0.4, -0.2) is 68.8 Å². The van der Waals surface area contributed by atoms with Crippen LogP contribution < -0.4 is 4.90 Å². The number of amides is 1. The summed E-state index contributed by atoms with van der Waals surface area (Å²) in [5, 5.41) is 19.2. The summed E-state index contributed by atoms with van der Waals surface area (Å²) < 4.78 is 10.7. The maximum atomic E-state index is 12.8. The van der Waals surface area contributed by atoms with Crippen LogP contribution in [0.5, 0.6) is 0 Å². The van der Waals surface area contributed by atoms with Gasteiger partial charge in [-0.3, -0.25) is 14.9 Å². The minimum Gasteiger partial charge on any atom is -0.383 e. The molecule has 0 saturated carbocycles. The van der Waals surface area contributed by atoms with Gasteiger partial charge in [0.2, 0.25) is 5.91 Å². The minimum atomic E-state index is -0.515. The number of non-ortho nitro benzene ring substituents is 1. The number of carbonyl (C=O) groups is 1. The molecule has 0 bridgehead atoms. The highest BCUT2D eigenvalue weighted by molar-refractivity contribution is 6.33. The summed E-state index contributed by atoms with van der Waals surface area (Å²) in [4.78, 5) is 27.0. The number of likely N-dealkylation sites (tertiary alicyclic amines) is 1. The predicted molar refractivity (Wildman–Crippen MR) is 134 cm³/mol. The van der Waals surface area contributed by atoms with Crippen LogP contribution in [0.4, 0.5) is 22.7 Å². The lowest BCUT2D eigenvalue weighted by Gasteiger charge is -2.25. The summed E-state index contributed by atoms with van der Waals surface area (Å²) in [5.74, 6) is 0.126. The Labute approximate surface area is 209 Å². The molecule has 0 aliphatic carbocycles. The summed E-state index contributed by atoms with van der Waals surface area (Å²) >= 11 is 6.05. The Morgan fingerprint density at radius 3 is 2.60 bits per heavy atom. The number of rotatable bonds is 11. The Kier molecular flexibility index (Phi) is 9.53. The van der Waals surface area contributed by atoms with Crippen LogP contribution in [-0.2, 0) is 14.3 Å². The molecule has 0 spiro atoms. The zero-order valence-corrected chi connectivity index (χ0v) is 20.8. The lowest BCUT2D eigenvalue weighted by molar-refractivity contribution is -0.384. The van der Waals surface area contributed by atoms with E-state index in [2.05, 4.69) is 15.1 Å². The molecule has 2 aromatic rings. The number of carbonyl (C=O) groups excluding carboxylic acids is 1. The number of hydrogen-bond acceptors (Lipinski definition) is 8. The molecule has 0 aromatic heterocycles. The average molecular weight is 504 g/mol. The van der Waals surface area contributed by atoms with Gasteiger partial charge in [-0.15, -0.1) is 5.11 Å². The predicted octanol–water partition coefficient (Wildman–Crippen LogP) is 5.14. The molecule has 3 rings (SSSR count). The zero-order valence-electron chi connectivity index (χ0n) is 20.1. The van der Waals surface area contributed by atoms with Crippen molar-refractivity contribution >= 4 is 40.3 Å². The van der Waals surface area contributed by atoms with E-state index in [1.807, 2.05) is 36.2 Å². The molecule has 2 unspecified atom stereocenters. The molecule has 10 nitrogen and oxygen atoms in total. The normalized spacial score (nSPS) is 17.8. The van der Waals surface area contributed by atoms with Crippen molar-refractivity contribution in [2.24, 2.45) is 10.2 Å². The molecule has 11 heteroatoms. The fourth-order valence-electron chi connectivity index (χ4n) is 4.02. The fourth-order valence-corrected chi connectivity index (χ4v) is 4.23. The number of benzene rings is 2. The van der Waals surface area contributed by atoms with E-state index in [1.165, 1.54) is 18.2 Å². The maximum absolute atomic E-state index is 12.8. The number of azo groups is 1. The van der Waals surface area contributed by atoms with Gasteiger partial charge in [-0.1, -0.05) is 11.6 Å². The number of nitro benzene ring substituents is 1. The van der Waals surface area contributed by atoms with Crippen LogP contribution in [0.3, 0.4) is 0 Å². The first-order valence-corrected chi connectivity index (χ1v) is 11.7. The van der Waals surface area contributed by atoms with Crippen molar-refractivity contribution in [3.8, 4) is 0 Å². The number of anilines is 1. The number of ether oxygens (including phenoxy) is 2. The molecule has 2 atom stereocenters. The first kappa shape index (κ1) is 26.5. The second-order valence-corrected chi connectivity index (χ2v) is 8.79. The van der Waals surface area contributed by atoms with Crippen molar-refractivity contribution in [1.29, 1.82) is 0 Å². The van der Waals surface area contributed by atoms with Crippen LogP contribution in [0.25, 0.3) is 0 Å².